The monoisotopic (exact) mass is 274 g/mol. The van der Waals surface area contributed by atoms with Crippen LogP contribution in [0.3, 0.4) is 0 Å². The summed E-state index contributed by atoms with van der Waals surface area (Å²) >= 11 is 0. The first-order valence-corrected chi connectivity index (χ1v) is 6.61. The van der Waals surface area contributed by atoms with Gasteiger partial charge in [0.1, 0.15) is 12.2 Å². The molecule has 6 heteroatoms. The summed E-state index contributed by atoms with van der Waals surface area (Å²) in [5.74, 6) is -0.786. The van der Waals surface area contributed by atoms with Crippen LogP contribution >= 0.6 is 0 Å². The Morgan fingerprint density at radius 3 is 2.84 bits per heavy atom. The van der Waals surface area contributed by atoms with Crippen LogP contribution < -0.4 is 0 Å². The molecule has 1 fully saturated rings. The molecule has 0 aromatic rings. The van der Waals surface area contributed by atoms with Crippen LogP contribution in [0, 0.1) is 0 Å². The number of carbonyl (C=O) groups is 2. The number of ether oxygens (including phenoxy) is 3. The van der Waals surface area contributed by atoms with E-state index in [-0.39, 0.29) is 37.9 Å². The third kappa shape index (κ3) is 7.25. The molecule has 1 N–H and O–H groups in total. The fourth-order valence-electron chi connectivity index (χ4n) is 1.79. The Bertz CT molecular complexity index is 285. The van der Waals surface area contributed by atoms with Gasteiger partial charge in [-0.25, -0.2) is 0 Å². The average molecular weight is 274 g/mol. The summed E-state index contributed by atoms with van der Waals surface area (Å²) in [6.07, 6.45) is 2.18. The molecule has 0 saturated carbocycles. The second kappa shape index (κ2) is 9.01. The van der Waals surface area contributed by atoms with Crippen molar-refractivity contribution in [1.29, 1.82) is 0 Å². The Hall–Kier alpha value is -0.980. The molecule has 1 saturated heterocycles. The van der Waals surface area contributed by atoms with Crippen molar-refractivity contribution >= 4 is 11.8 Å². The van der Waals surface area contributed by atoms with E-state index < -0.39 is 12.1 Å². The number of rotatable bonds is 8. The second-order valence-electron chi connectivity index (χ2n) is 4.61. The summed E-state index contributed by atoms with van der Waals surface area (Å²) in [5, 5.41) is 9.67. The normalized spacial score (nSPS) is 20.8. The van der Waals surface area contributed by atoms with Crippen LogP contribution in [0.2, 0.25) is 0 Å². The minimum absolute atomic E-state index is 0.144. The molecule has 1 aliphatic rings. The van der Waals surface area contributed by atoms with E-state index in [1.165, 1.54) is 7.11 Å². The third-order valence-electron chi connectivity index (χ3n) is 2.94. The molecular weight excluding hydrogens is 252 g/mol. The zero-order chi connectivity index (χ0) is 14.1. The van der Waals surface area contributed by atoms with Gasteiger partial charge in [0.05, 0.1) is 19.8 Å². The van der Waals surface area contributed by atoms with Crippen LogP contribution in [0.5, 0.6) is 0 Å². The van der Waals surface area contributed by atoms with Crippen molar-refractivity contribution in [3.05, 3.63) is 0 Å². The molecule has 1 rings (SSSR count). The summed E-state index contributed by atoms with van der Waals surface area (Å²) in [7, 11) is 1.24. The topological polar surface area (TPSA) is 82.1 Å². The number of Topliss-reactive ketones (excluding diaryl/α,β-unsaturated/α-hetero) is 1. The number of hydrogen-bond acceptors (Lipinski definition) is 6. The predicted molar refractivity (Wildman–Crippen MR) is 66.4 cm³/mol. The number of methoxy groups -OCH3 is 1. The van der Waals surface area contributed by atoms with Crippen molar-refractivity contribution in [2.24, 2.45) is 0 Å². The lowest BCUT2D eigenvalue weighted by Crippen LogP contribution is -2.27. The lowest BCUT2D eigenvalue weighted by Gasteiger charge is -2.23. The molecule has 6 nitrogen and oxygen atoms in total. The van der Waals surface area contributed by atoms with Crippen LogP contribution in [-0.4, -0.2) is 49.6 Å². The zero-order valence-electron chi connectivity index (χ0n) is 11.3. The standard InChI is InChI=1S/C13H22O6/c1-17-12(16)8-10(14)5-6-11(15)9-19-13-4-2-3-7-18-13/h11,13,15H,2-9H2,1H3. The summed E-state index contributed by atoms with van der Waals surface area (Å²) in [4.78, 5) is 22.2. The van der Waals surface area contributed by atoms with Crippen molar-refractivity contribution in [3.63, 3.8) is 0 Å². The minimum Gasteiger partial charge on any atom is -0.469 e. The van der Waals surface area contributed by atoms with E-state index in [9.17, 15) is 14.7 Å². The van der Waals surface area contributed by atoms with E-state index in [1.807, 2.05) is 0 Å². The molecule has 0 radical (unpaired) electrons. The Morgan fingerprint density at radius 1 is 1.42 bits per heavy atom. The Labute approximate surface area is 113 Å². The molecule has 2 unspecified atom stereocenters. The summed E-state index contributed by atoms with van der Waals surface area (Å²) in [6.45, 7) is 0.842. The molecule has 0 aliphatic carbocycles. The number of aliphatic hydroxyl groups is 1. The molecule has 1 heterocycles. The van der Waals surface area contributed by atoms with Gasteiger partial charge in [0.15, 0.2) is 6.29 Å². The quantitative estimate of drug-likeness (QED) is 0.521. The second-order valence-corrected chi connectivity index (χ2v) is 4.61. The van der Waals surface area contributed by atoms with Crippen molar-refractivity contribution in [3.8, 4) is 0 Å². The molecule has 0 aromatic carbocycles. The highest BCUT2D eigenvalue weighted by atomic mass is 16.7. The van der Waals surface area contributed by atoms with Gasteiger partial charge in [-0.2, -0.15) is 0 Å². The zero-order valence-corrected chi connectivity index (χ0v) is 11.3. The van der Waals surface area contributed by atoms with E-state index in [1.54, 1.807) is 0 Å². The molecule has 0 aromatic heterocycles. The first kappa shape index (κ1) is 16.1. The van der Waals surface area contributed by atoms with Gasteiger partial charge >= 0.3 is 5.97 Å². The third-order valence-corrected chi connectivity index (χ3v) is 2.94. The first-order chi connectivity index (χ1) is 9.11. The lowest BCUT2D eigenvalue weighted by molar-refractivity contribution is -0.175. The first-order valence-electron chi connectivity index (χ1n) is 6.61. The average Bonchev–Trinajstić information content (AvgIpc) is 2.43. The lowest BCUT2D eigenvalue weighted by atomic mass is 10.1. The smallest absolute Gasteiger partial charge is 0.313 e. The number of carbonyl (C=O) groups excluding carboxylic acids is 2. The van der Waals surface area contributed by atoms with E-state index in [2.05, 4.69) is 4.74 Å². The van der Waals surface area contributed by atoms with Crippen LogP contribution in [0.1, 0.15) is 38.5 Å². The maximum absolute atomic E-state index is 11.3. The molecule has 1 aliphatic heterocycles. The maximum Gasteiger partial charge on any atom is 0.313 e. The Morgan fingerprint density at radius 2 is 2.21 bits per heavy atom. The van der Waals surface area contributed by atoms with Gasteiger partial charge < -0.3 is 19.3 Å². The highest BCUT2D eigenvalue weighted by molar-refractivity contribution is 5.95. The van der Waals surface area contributed by atoms with Gasteiger partial charge in [-0.3, -0.25) is 9.59 Å². The summed E-state index contributed by atoms with van der Waals surface area (Å²) in [5.41, 5.74) is 0. The summed E-state index contributed by atoms with van der Waals surface area (Å²) in [6, 6.07) is 0. The molecule has 0 amide bonds. The molecule has 2 atom stereocenters. The van der Waals surface area contributed by atoms with Crippen LogP contribution in [-0.2, 0) is 23.8 Å². The van der Waals surface area contributed by atoms with Gasteiger partial charge in [0.2, 0.25) is 0 Å². The summed E-state index contributed by atoms with van der Waals surface area (Å²) < 4.78 is 15.2. The van der Waals surface area contributed by atoms with Crippen molar-refractivity contribution in [2.75, 3.05) is 20.3 Å². The van der Waals surface area contributed by atoms with Gasteiger partial charge in [0, 0.05) is 13.0 Å². The highest BCUT2D eigenvalue weighted by Gasteiger charge is 2.17. The van der Waals surface area contributed by atoms with Gasteiger partial charge in [-0.1, -0.05) is 0 Å². The maximum atomic E-state index is 11.3. The SMILES string of the molecule is COC(=O)CC(=O)CCC(O)COC1CCCCO1. The van der Waals surface area contributed by atoms with Crippen molar-refractivity contribution < 1.29 is 28.9 Å². The van der Waals surface area contributed by atoms with E-state index in [0.29, 0.717) is 6.61 Å². The number of ketones is 1. The fraction of sp³-hybridized carbons (Fsp3) is 0.846. The fourth-order valence-corrected chi connectivity index (χ4v) is 1.79. The van der Waals surface area contributed by atoms with Gasteiger partial charge in [-0.15, -0.1) is 0 Å². The number of aliphatic hydroxyl groups excluding tert-OH is 1. The van der Waals surface area contributed by atoms with E-state index in [0.717, 1.165) is 19.3 Å². The Kier molecular flexibility index (Phi) is 7.62. The number of hydrogen-bond donors (Lipinski definition) is 1. The van der Waals surface area contributed by atoms with Gasteiger partial charge in [-0.05, 0) is 25.7 Å². The highest BCUT2D eigenvalue weighted by Crippen LogP contribution is 2.14. The van der Waals surface area contributed by atoms with Crippen LogP contribution in [0.4, 0.5) is 0 Å². The Balaban J connectivity index is 2.08. The van der Waals surface area contributed by atoms with Crippen molar-refractivity contribution in [2.45, 2.75) is 50.9 Å². The predicted octanol–water partition coefficient (Wildman–Crippen LogP) is 0.803. The number of esters is 1. The molecule has 110 valence electrons. The van der Waals surface area contributed by atoms with Crippen LogP contribution in [0.25, 0.3) is 0 Å². The largest absolute Gasteiger partial charge is 0.469 e. The molecule has 0 spiro atoms. The van der Waals surface area contributed by atoms with Crippen molar-refractivity contribution in [1.82, 2.24) is 0 Å². The molecule has 19 heavy (non-hydrogen) atoms. The van der Waals surface area contributed by atoms with E-state index in [4.69, 9.17) is 9.47 Å². The van der Waals surface area contributed by atoms with E-state index >= 15 is 0 Å². The molecule has 0 bridgehead atoms. The van der Waals surface area contributed by atoms with Gasteiger partial charge in [0.25, 0.3) is 0 Å². The minimum atomic E-state index is -0.716. The van der Waals surface area contributed by atoms with Crippen LogP contribution in [0.15, 0.2) is 0 Å². The molecular formula is C13H22O6.